The molecule has 3 aromatic rings. The number of rotatable bonds is 4. The highest BCUT2D eigenvalue weighted by Crippen LogP contribution is 2.37. The summed E-state index contributed by atoms with van der Waals surface area (Å²) in [5.41, 5.74) is 3.08. The highest BCUT2D eigenvalue weighted by molar-refractivity contribution is 14.1. The van der Waals surface area contributed by atoms with Gasteiger partial charge in [0, 0.05) is 20.9 Å². The molecule has 1 N–H and O–H groups in total. The third kappa shape index (κ3) is 3.03. The summed E-state index contributed by atoms with van der Waals surface area (Å²) in [6, 6.07) is 14.0. The van der Waals surface area contributed by atoms with Gasteiger partial charge in [-0.05, 0) is 58.5 Å². The second kappa shape index (κ2) is 6.99. The van der Waals surface area contributed by atoms with Gasteiger partial charge in [0.1, 0.15) is 23.9 Å². The van der Waals surface area contributed by atoms with Gasteiger partial charge in [-0.2, -0.15) is 10.1 Å². The Balaban J connectivity index is 1.82. The Hall–Kier alpha value is -2.55. The number of nitrogens with zero attached hydrogens (tertiary/aromatic N) is 3. The van der Waals surface area contributed by atoms with E-state index in [2.05, 4.69) is 68.3 Å². The Bertz CT molecular complexity index is 966. The van der Waals surface area contributed by atoms with Crippen LogP contribution in [0.2, 0.25) is 0 Å². The van der Waals surface area contributed by atoms with Crippen molar-refractivity contribution < 1.29 is 9.47 Å². The number of methoxy groups -OCH3 is 2. The molecule has 0 saturated heterocycles. The summed E-state index contributed by atoms with van der Waals surface area (Å²) in [6.45, 7) is 0. The maximum absolute atomic E-state index is 5.60. The summed E-state index contributed by atoms with van der Waals surface area (Å²) in [5, 5.41) is 7.74. The molecule has 1 aliphatic rings. The van der Waals surface area contributed by atoms with Gasteiger partial charge in [-0.25, -0.2) is 4.68 Å². The zero-order valence-electron chi connectivity index (χ0n) is 14.3. The van der Waals surface area contributed by atoms with Crippen LogP contribution in [0.25, 0.3) is 5.70 Å². The van der Waals surface area contributed by atoms with Crippen LogP contribution in [-0.4, -0.2) is 29.0 Å². The third-order valence-corrected chi connectivity index (χ3v) is 5.04. The molecule has 7 heteroatoms. The van der Waals surface area contributed by atoms with Crippen LogP contribution < -0.4 is 14.8 Å². The minimum absolute atomic E-state index is 0.135. The van der Waals surface area contributed by atoms with Crippen LogP contribution in [0.4, 0.5) is 5.95 Å². The number of anilines is 1. The SMILES string of the molecule is COc1ccc(C2C=C(c3ccc(I)cc3)Nc3ncnn32)c(OC)c1. The van der Waals surface area contributed by atoms with Gasteiger partial charge < -0.3 is 14.8 Å². The van der Waals surface area contributed by atoms with Gasteiger partial charge >= 0.3 is 0 Å². The Morgan fingerprint density at radius 3 is 2.62 bits per heavy atom. The molecule has 1 atom stereocenters. The zero-order chi connectivity index (χ0) is 18.1. The molecule has 2 heterocycles. The Morgan fingerprint density at radius 1 is 1.08 bits per heavy atom. The number of hydrogen-bond acceptors (Lipinski definition) is 5. The van der Waals surface area contributed by atoms with Crippen LogP contribution in [0.5, 0.6) is 11.5 Å². The molecule has 1 aliphatic heterocycles. The van der Waals surface area contributed by atoms with Crippen LogP contribution >= 0.6 is 22.6 Å². The minimum Gasteiger partial charge on any atom is -0.497 e. The normalized spacial score (nSPS) is 15.7. The summed E-state index contributed by atoms with van der Waals surface area (Å²) in [4.78, 5) is 4.35. The van der Waals surface area contributed by atoms with E-state index in [1.54, 1.807) is 20.5 Å². The quantitative estimate of drug-likeness (QED) is 0.598. The fourth-order valence-electron chi connectivity index (χ4n) is 3.02. The van der Waals surface area contributed by atoms with Crippen LogP contribution in [0.1, 0.15) is 17.2 Å². The third-order valence-electron chi connectivity index (χ3n) is 4.32. The summed E-state index contributed by atoms with van der Waals surface area (Å²) >= 11 is 2.30. The van der Waals surface area contributed by atoms with E-state index >= 15 is 0 Å². The second-order valence-corrected chi connectivity index (χ2v) is 7.04. The Kier molecular flexibility index (Phi) is 4.54. The zero-order valence-corrected chi connectivity index (χ0v) is 16.5. The molecule has 0 spiro atoms. The number of hydrogen-bond donors (Lipinski definition) is 1. The van der Waals surface area contributed by atoms with E-state index < -0.39 is 0 Å². The Morgan fingerprint density at radius 2 is 1.88 bits per heavy atom. The number of fused-ring (bicyclic) bond motifs is 1. The van der Waals surface area contributed by atoms with Gasteiger partial charge in [-0.3, -0.25) is 0 Å². The first-order chi connectivity index (χ1) is 12.7. The van der Waals surface area contributed by atoms with E-state index in [0.29, 0.717) is 5.95 Å². The predicted octanol–water partition coefficient (Wildman–Crippen LogP) is 3.96. The van der Waals surface area contributed by atoms with Crippen molar-refractivity contribution in [3.05, 3.63) is 69.6 Å². The van der Waals surface area contributed by atoms with Crippen molar-refractivity contribution in [2.75, 3.05) is 19.5 Å². The standard InChI is InChI=1S/C19H17IN4O2/c1-25-14-7-8-15(18(9-14)26-2)17-10-16(12-3-5-13(20)6-4-12)23-19-21-11-22-24(17)19/h3-11,17H,1-2H3,(H,21,22,23). The van der Waals surface area contributed by atoms with Crippen molar-refractivity contribution in [2.45, 2.75) is 6.04 Å². The van der Waals surface area contributed by atoms with Gasteiger partial charge in [-0.15, -0.1) is 0 Å². The minimum atomic E-state index is -0.135. The van der Waals surface area contributed by atoms with E-state index in [4.69, 9.17) is 9.47 Å². The number of nitrogens with one attached hydrogen (secondary N) is 1. The van der Waals surface area contributed by atoms with Gasteiger partial charge in [0.05, 0.1) is 14.2 Å². The average molecular weight is 460 g/mol. The number of benzene rings is 2. The molecule has 0 aliphatic carbocycles. The number of ether oxygens (including phenoxy) is 2. The number of aromatic nitrogens is 3. The topological polar surface area (TPSA) is 61.2 Å². The monoisotopic (exact) mass is 460 g/mol. The van der Waals surface area contributed by atoms with Crippen molar-refractivity contribution in [3.63, 3.8) is 0 Å². The fourth-order valence-corrected chi connectivity index (χ4v) is 3.38. The van der Waals surface area contributed by atoms with Gasteiger partial charge in [0.25, 0.3) is 0 Å². The molecule has 0 saturated carbocycles. The lowest BCUT2D eigenvalue weighted by Crippen LogP contribution is -2.20. The molecule has 4 rings (SSSR count). The molecule has 0 bridgehead atoms. The summed E-state index contributed by atoms with van der Waals surface area (Å²) in [5.74, 6) is 2.19. The molecule has 132 valence electrons. The average Bonchev–Trinajstić information content (AvgIpc) is 3.16. The van der Waals surface area contributed by atoms with E-state index in [9.17, 15) is 0 Å². The van der Waals surface area contributed by atoms with Crippen LogP contribution in [-0.2, 0) is 0 Å². The molecule has 0 fully saturated rings. The van der Waals surface area contributed by atoms with E-state index in [0.717, 1.165) is 28.3 Å². The largest absolute Gasteiger partial charge is 0.497 e. The lowest BCUT2D eigenvalue weighted by Gasteiger charge is -2.25. The predicted molar refractivity (Wildman–Crippen MR) is 108 cm³/mol. The van der Waals surface area contributed by atoms with Crippen molar-refractivity contribution in [1.29, 1.82) is 0 Å². The van der Waals surface area contributed by atoms with Crippen molar-refractivity contribution in [2.24, 2.45) is 0 Å². The molecule has 0 amide bonds. The lowest BCUT2D eigenvalue weighted by atomic mass is 10.0. The van der Waals surface area contributed by atoms with Crippen molar-refractivity contribution >= 4 is 34.2 Å². The summed E-state index contributed by atoms with van der Waals surface area (Å²) in [7, 11) is 3.30. The maximum Gasteiger partial charge on any atom is 0.226 e. The van der Waals surface area contributed by atoms with Crippen LogP contribution in [0.15, 0.2) is 54.9 Å². The highest BCUT2D eigenvalue weighted by Gasteiger charge is 2.26. The first kappa shape index (κ1) is 16.9. The lowest BCUT2D eigenvalue weighted by molar-refractivity contribution is 0.387. The van der Waals surface area contributed by atoms with Crippen LogP contribution in [0.3, 0.4) is 0 Å². The molecule has 1 unspecified atom stereocenters. The van der Waals surface area contributed by atoms with Gasteiger partial charge in [0.15, 0.2) is 0 Å². The summed E-state index contributed by atoms with van der Waals surface area (Å²) in [6.07, 6.45) is 3.68. The van der Waals surface area contributed by atoms with Gasteiger partial charge in [-0.1, -0.05) is 12.1 Å². The Labute approximate surface area is 165 Å². The van der Waals surface area contributed by atoms with Crippen molar-refractivity contribution in [1.82, 2.24) is 14.8 Å². The fraction of sp³-hybridized carbons (Fsp3) is 0.158. The molecule has 2 aromatic carbocycles. The van der Waals surface area contributed by atoms with Crippen molar-refractivity contribution in [3.8, 4) is 11.5 Å². The first-order valence-corrected chi connectivity index (χ1v) is 9.13. The highest BCUT2D eigenvalue weighted by atomic mass is 127. The van der Waals surface area contributed by atoms with Crippen LogP contribution in [0, 0.1) is 3.57 Å². The second-order valence-electron chi connectivity index (χ2n) is 5.79. The smallest absolute Gasteiger partial charge is 0.226 e. The number of halogens is 1. The molecule has 1 aromatic heterocycles. The van der Waals surface area contributed by atoms with E-state index in [-0.39, 0.29) is 6.04 Å². The van der Waals surface area contributed by atoms with Gasteiger partial charge in [0.2, 0.25) is 5.95 Å². The number of allylic oxidation sites excluding steroid dienone is 1. The molecular weight excluding hydrogens is 443 g/mol. The molecule has 6 nitrogen and oxygen atoms in total. The summed E-state index contributed by atoms with van der Waals surface area (Å²) < 4.78 is 14.0. The molecular formula is C19H17IN4O2. The maximum atomic E-state index is 5.60. The molecule has 26 heavy (non-hydrogen) atoms. The molecule has 0 radical (unpaired) electrons. The first-order valence-electron chi connectivity index (χ1n) is 8.06. The van der Waals surface area contributed by atoms with E-state index in [1.807, 2.05) is 22.9 Å². The van der Waals surface area contributed by atoms with E-state index in [1.165, 1.54) is 3.57 Å².